The van der Waals surface area contributed by atoms with Crippen LogP contribution in [0.3, 0.4) is 0 Å². The first kappa shape index (κ1) is 19.4. The monoisotopic (exact) mass is 376 g/mol. The number of nitrogens with one attached hydrogen (secondary N) is 2. The van der Waals surface area contributed by atoms with Gasteiger partial charge in [-0.05, 0) is 62.2 Å². The van der Waals surface area contributed by atoms with Crippen LogP contribution < -0.4 is 15.4 Å². The molecule has 0 atom stereocenters. The molecule has 0 radical (unpaired) electrons. The summed E-state index contributed by atoms with van der Waals surface area (Å²) in [5, 5.41) is 14.1. The van der Waals surface area contributed by atoms with Crippen molar-refractivity contribution in [2.75, 3.05) is 11.9 Å². The molecule has 0 saturated heterocycles. The van der Waals surface area contributed by atoms with Crippen molar-refractivity contribution in [3.05, 3.63) is 78.0 Å². The van der Waals surface area contributed by atoms with Gasteiger partial charge in [-0.2, -0.15) is 0 Å². The predicted molar refractivity (Wildman–Crippen MR) is 110 cm³/mol. The highest BCUT2D eigenvalue weighted by atomic mass is 16.5. The molecule has 0 aliphatic heterocycles. The molecule has 2 N–H and O–H groups in total. The molecule has 0 bridgehead atoms. The summed E-state index contributed by atoms with van der Waals surface area (Å²) in [5.74, 6) is 1.15. The van der Waals surface area contributed by atoms with Gasteiger partial charge in [-0.25, -0.2) is 0 Å². The van der Waals surface area contributed by atoms with E-state index < -0.39 is 0 Å². The Morgan fingerprint density at radius 1 is 0.964 bits per heavy atom. The van der Waals surface area contributed by atoms with Gasteiger partial charge in [0.15, 0.2) is 11.5 Å². The van der Waals surface area contributed by atoms with Crippen molar-refractivity contribution < 1.29 is 9.53 Å². The van der Waals surface area contributed by atoms with Crippen LogP contribution in [0.2, 0.25) is 0 Å². The van der Waals surface area contributed by atoms with Crippen LogP contribution in [0.4, 0.5) is 11.5 Å². The summed E-state index contributed by atoms with van der Waals surface area (Å²) in [6.45, 7) is 4.53. The quantitative estimate of drug-likeness (QED) is 0.622. The fourth-order valence-corrected chi connectivity index (χ4v) is 2.61. The first-order valence-electron chi connectivity index (χ1n) is 9.30. The number of benzene rings is 2. The average molecular weight is 376 g/mol. The number of rotatable bonds is 8. The molecule has 0 saturated carbocycles. The SMILES string of the molecule is CC(C)Oc1ccc(Nc2ccc(C(=O)NCCc3ccccc3)nn2)cc1. The van der Waals surface area contributed by atoms with Crippen molar-refractivity contribution >= 4 is 17.4 Å². The highest BCUT2D eigenvalue weighted by molar-refractivity contribution is 5.92. The lowest BCUT2D eigenvalue weighted by Gasteiger charge is -2.11. The van der Waals surface area contributed by atoms with E-state index in [1.165, 1.54) is 5.56 Å². The van der Waals surface area contributed by atoms with Crippen molar-refractivity contribution in [3.63, 3.8) is 0 Å². The lowest BCUT2D eigenvalue weighted by Crippen LogP contribution is -2.26. The van der Waals surface area contributed by atoms with Crippen LogP contribution in [0, 0.1) is 0 Å². The Balaban J connectivity index is 1.50. The second-order valence-electron chi connectivity index (χ2n) is 6.61. The Labute approximate surface area is 165 Å². The van der Waals surface area contributed by atoms with E-state index in [1.54, 1.807) is 12.1 Å². The molecule has 0 aliphatic rings. The Morgan fingerprint density at radius 2 is 1.71 bits per heavy atom. The maximum absolute atomic E-state index is 12.2. The minimum Gasteiger partial charge on any atom is -0.491 e. The summed E-state index contributed by atoms with van der Waals surface area (Å²) in [7, 11) is 0. The van der Waals surface area contributed by atoms with E-state index in [4.69, 9.17) is 4.74 Å². The van der Waals surface area contributed by atoms with E-state index in [2.05, 4.69) is 20.8 Å². The molecule has 0 aliphatic carbocycles. The van der Waals surface area contributed by atoms with Crippen molar-refractivity contribution in [1.29, 1.82) is 0 Å². The lowest BCUT2D eigenvalue weighted by atomic mass is 10.1. The second kappa shape index (κ2) is 9.50. The van der Waals surface area contributed by atoms with Crippen molar-refractivity contribution in [1.82, 2.24) is 15.5 Å². The van der Waals surface area contributed by atoms with Crippen LogP contribution in [0.5, 0.6) is 5.75 Å². The molecule has 0 fully saturated rings. The van der Waals surface area contributed by atoms with Crippen LogP contribution in [0.15, 0.2) is 66.7 Å². The molecule has 0 unspecified atom stereocenters. The number of aromatic nitrogens is 2. The van der Waals surface area contributed by atoms with Gasteiger partial charge in [0.2, 0.25) is 0 Å². The summed E-state index contributed by atoms with van der Waals surface area (Å²) in [6.07, 6.45) is 0.909. The summed E-state index contributed by atoms with van der Waals surface area (Å²) in [6, 6.07) is 21.0. The van der Waals surface area contributed by atoms with Gasteiger partial charge >= 0.3 is 0 Å². The van der Waals surface area contributed by atoms with Crippen LogP contribution in [-0.4, -0.2) is 28.8 Å². The first-order chi connectivity index (χ1) is 13.6. The summed E-state index contributed by atoms with van der Waals surface area (Å²) in [5.41, 5.74) is 2.34. The molecule has 3 rings (SSSR count). The number of hydrogen-bond acceptors (Lipinski definition) is 5. The second-order valence-corrected chi connectivity index (χ2v) is 6.61. The van der Waals surface area contributed by atoms with Gasteiger partial charge in [-0.3, -0.25) is 4.79 Å². The number of amides is 1. The molecule has 1 heterocycles. The van der Waals surface area contributed by atoms with Crippen LogP contribution in [0.1, 0.15) is 29.9 Å². The molecule has 28 heavy (non-hydrogen) atoms. The highest BCUT2D eigenvalue weighted by Gasteiger charge is 2.08. The Bertz CT molecular complexity index is 879. The van der Waals surface area contributed by atoms with Gasteiger partial charge in [-0.1, -0.05) is 30.3 Å². The molecule has 6 heteroatoms. The van der Waals surface area contributed by atoms with Crippen molar-refractivity contribution in [2.45, 2.75) is 26.4 Å². The number of anilines is 2. The largest absolute Gasteiger partial charge is 0.491 e. The van der Waals surface area contributed by atoms with Crippen molar-refractivity contribution in [3.8, 4) is 5.75 Å². The third-order valence-electron chi connectivity index (χ3n) is 3.94. The molecule has 144 valence electrons. The number of nitrogens with zero attached hydrogens (tertiary/aromatic N) is 2. The number of hydrogen-bond donors (Lipinski definition) is 2. The van der Waals surface area contributed by atoms with E-state index in [0.717, 1.165) is 17.9 Å². The van der Waals surface area contributed by atoms with E-state index in [1.807, 2.05) is 68.4 Å². The molecular formula is C22H24N4O2. The van der Waals surface area contributed by atoms with Gasteiger partial charge in [0.1, 0.15) is 5.75 Å². The number of ether oxygens (including phenoxy) is 1. The standard InChI is InChI=1S/C22H24N4O2/c1-16(2)28-19-10-8-18(9-11-19)24-21-13-12-20(25-26-21)22(27)23-15-14-17-6-4-3-5-7-17/h3-13,16H,14-15H2,1-2H3,(H,23,27)(H,24,26). The van der Waals surface area contributed by atoms with Gasteiger partial charge in [0, 0.05) is 12.2 Å². The topological polar surface area (TPSA) is 76.1 Å². The highest BCUT2D eigenvalue weighted by Crippen LogP contribution is 2.19. The van der Waals surface area contributed by atoms with E-state index in [9.17, 15) is 4.79 Å². The maximum atomic E-state index is 12.2. The van der Waals surface area contributed by atoms with Gasteiger partial charge in [0.25, 0.3) is 5.91 Å². The Morgan fingerprint density at radius 3 is 2.36 bits per heavy atom. The zero-order valence-corrected chi connectivity index (χ0v) is 16.1. The fraction of sp³-hybridized carbons (Fsp3) is 0.227. The minimum absolute atomic E-state index is 0.135. The maximum Gasteiger partial charge on any atom is 0.271 e. The third kappa shape index (κ3) is 5.81. The van der Waals surface area contributed by atoms with E-state index in [-0.39, 0.29) is 12.0 Å². The average Bonchev–Trinajstić information content (AvgIpc) is 2.70. The first-order valence-corrected chi connectivity index (χ1v) is 9.30. The fourth-order valence-electron chi connectivity index (χ4n) is 2.61. The lowest BCUT2D eigenvalue weighted by molar-refractivity contribution is 0.0948. The van der Waals surface area contributed by atoms with E-state index >= 15 is 0 Å². The smallest absolute Gasteiger partial charge is 0.271 e. The van der Waals surface area contributed by atoms with Gasteiger partial charge < -0.3 is 15.4 Å². The molecule has 2 aromatic carbocycles. The molecule has 1 aromatic heterocycles. The molecule has 3 aromatic rings. The predicted octanol–water partition coefficient (Wildman–Crippen LogP) is 3.98. The molecule has 1 amide bonds. The molecular weight excluding hydrogens is 352 g/mol. The number of carbonyl (C=O) groups is 1. The van der Waals surface area contributed by atoms with Gasteiger partial charge in [0.05, 0.1) is 6.10 Å². The summed E-state index contributed by atoms with van der Waals surface area (Å²) < 4.78 is 5.62. The minimum atomic E-state index is -0.231. The van der Waals surface area contributed by atoms with Crippen LogP contribution in [0.25, 0.3) is 0 Å². The number of carbonyl (C=O) groups excluding carboxylic acids is 1. The molecule has 6 nitrogen and oxygen atoms in total. The van der Waals surface area contributed by atoms with Crippen LogP contribution >= 0.6 is 0 Å². The zero-order chi connectivity index (χ0) is 19.8. The zero-order valence-electron chi connectivity index (χ0n) is 16.1. The molecule has 0 spiro atoms. The Kier molecular flexibility index (Phi) is 6.57. The van der Waals surface area contributed by atoms with Crippen LogP contribution in [-0.2, 0) is 6.42 Å². The summed E-state index contributed by atoms with van der Waals surface area (Å²) >= 11 is 0. The normalized spacial score (nSPS) is 10.5. The van der Waals surface area contributed by atoms with Crippen molar-refractivity contribution in [2.24, 2.45) is 0 Å². The third-order valence-corrected chi connectivity index (χ3v) is 3.94. The van der Waals surface area contributed by atoms with E-state index in [0.29, 0.717) is 18.1 Å². The van der Waals surface area contributed by atoms with Gasteiger partial charge in [-0.15, -0.1) is 10.2 Å². The summed E-state index contributed by atoms with van der Waals surface area (Å²) in [4.78, 5) is 12.2. The Hall–Kier alpha value is -3.41.